The van der Waals surface area contributed by atoms with E-state index in [1.54, 1.807) is 18.2 Å². The van der Waals surface area contributed by atoms with Crippen LogP contribution in [0.25, 0.3) is 0 Å². The van der Waals surface area contributed by atoms with Crippen molar-refractivity contribution in [3.05, 3.63) is 28.8 Å². The van der Waals surface area contributed by atoms with Gasteiger partial charge < -0.3 is 9.47 Å². The van der Waals surface area contributed by atoms with Crippen molar-refractivity contribution in [2.45, 2.75) is 5.88 Å². The molecule has 1 aromatic heterocycles. The zero-order valence-corrected chi connectivity index (χ0v) is 11.1. The number of hydrogen-bond donors (Lipinski definition) is 1. The number of alkyl halides is 1. The van der Waals surface area contributed by atoms with Gasteiger partial charge in [0.15, 0.2) is 11.5 Å². The minimum absolute atomic E-state index is 0.176. The zero-order chi connectivity index (χ0) is 13.2. The van der Waals surface area contributed by atoms with Gasteiger partial charge in [0.2, 0.25) is 11.9 Å². The molecule has 8 heteroatoms. The van der Waals surface area contributed by atoms with Crippen LogP contribution in [0.1, 0.15) is 15.4 Å². The average molecular weight is 298 g/mol. The molecule has 1 aliphatic heterocycles. The van der Waals surface area contributed by atoms with Crippen LogP contribution in [0.2, 0.25) is 0 Å². The summed E-state index contributed by atoms with van der Waals surface area (Å²) in [5.41, 5.74) is 0.465. The molecule has 98 valence electrons. The normalized spacial score (nSPS) is 12.5. The summed E-state index contributed by atoms with van der Waals surface area (Å²) in [6, 6.07) is 4.98. The fraction of sp³-hybridized carbons (Fsp3) is 0.182. The first-order valence-electron chi connectivity index (χ1n) is 5.35. The summed E-state index contributed by atoms with van der Waals surface area (Å²) in [4.78, 5) is 12.0. The van der Waals surface area contributed by atoms with E-state index in [1.165, 1.54) is 11.3 Å². The van der Waals surface area contributed by atoms with Crippen LogP contribution in [0.15, 0.2) is 18.2 Å². The van der Waals surface area contributed by atoms with E-state index in [2.05, 4.69) is 15.5 Å². The lowest BCUT2D eigenvalue weighted by molar-refractivity contribution is 0.102. The third-order valence-electron chi connectivity index (χ3n) is 2.44. The number of anilines is 1. The van der Waals surface area contributed by atoms with Crippen molar-refractivity contribution >= 4 is 34.0 Å². The maximum absolute atomic E-state index is 12.0. The summed E-state index contributed by atoms with van der Waals surface area (Å²) in [5, 5.41) is 11.4. The lowest BCUT2D eigenvalue weighted by Gasteiger charge is -2.02. The summed E-state index contributed by atoms with van der Waals surface area (Å²) in [7, 11) is 0. The molecule has 0 saturated carbocycles. The molecule has 3 rings (SSSR count). The molecule has 1 N–H and O–H groups in total. The Bertz CT molecular complexity index is 631. The van der Waals surface area contributed by atoms with Crippen LogP contribution in [-0.4, -0.2) is 22.9 Å². The highest BCUT2D eigenvalue weighted by atomic mass is 35.5. The predicted octanol–water partition coefficient (Wildman–Crippen LogP) is 2.26. The Morgan fingerprint density at radius 1 is 1.37 bits per heavy atom. The third kappa shape index (κ3) is 2.47. The number of ether oxygens (including phenoxy) is 2. The first-order chi connectivity index (χ1) is 9.26. The molecule has 19 heavy (non-hydrogen) atoms. The van der Waals surface area contributed by atoms with E-state index in [9.17, 15) is 4.79 Å². The monoisotopic (exact) mass is 297 g/mol. The molecule has 6 nitrogen and oxygen atoms in total. The van der Waals surface area contributed by atoms with E-state index >= 15 is 0 Å². The minimum Gasteiger partial charge on any atom is -0.454 e. The summed E-state index contributed by atoms with van der Waals surface area (Å²) in [5.74, 6) is 1.19. The molecular weight excluding hydrogens is 290 g/mol. The number of rotatable bonds is 3. The molecule has 0 bridgehead atoms. The SMILES string of the molecule is O=C(Nc1nnc(CCl)s1)c1ccc2c(c1)OCO2. The van der Waals surface area contributed by atoms with Gasteiger partial charge in [-0.25, -0.2) is 0 Å². The topological polar surface area (TPSA) is 73.3 Å². The van der Waals surface area contributed by atoms with Gasteiger partial charge in [-0.2, -0.15) is 0 Å². The number of nitrogens with one attached hydrogen (secondary N) is 1. The quantitative estimate of drug-likeness (QED) is 0.880. The number of fused-ring (bicyclic) bond motifs is 1. The van der Waals surface area contributed by atoms with Crippen molar-refractivity contribution in [3.8, 4) is 11.5 Å². The molecule has 0 saturated heterocycles. The number of carbonyl (C=O) groups is 1. The molecule has 1 amide bonds. The number of halogens is 1. The second kappa shape index (κ2) is 5.02. The van der Waals surface area contributed by atoms with Gasteiger partial charge in [-0.15, -0.1) is 21.8 Å². The van der Waals surface area contributed by atoms with Crippen LogP contribution >= 0.6 is 22.9 Å². The number of benzene rings is 1. The highest BCUT2D eigenvalue weighted by Gasteiger charge is 2.17. The minimum atomic E-state index is -0.282. The van der Waals surface area contributed by atoms with Crippen molar-refractivity contribution in [1.82, 2.24) is 10.2 Å². The molecule has 1 aromatic carbocycles. The van der Waals surface area contributed by atoms with E-state index in [0.29, 0.717) is 27.2 Å². The van der Waals surface area contributed by atoms with Crippen molar-refractivity contribution in [2.75, 3.05) is 12.1 Å². The summed E-state index contributed by atoms with van der Waals surface area (Å²) < 4.78 is 10.4. The van der Waals surface area contributed by atoms with Crippen molar-refractivity contribution in [3.63, 3.8) is 0 Å². The lowest BCUT2D eigenvalue weighted by atomic mass is 10.2. The molecule has 0 radical (unpaired) electrons. The van der Waals surface area contributed by atoms with Gasteiger partial charge in [-0.1, -0.05) is 11.3 Å². The van der Waals surface area contributed by atoms with E-state index in [4.69, 9.17) is 21.1 Å². The maximum Gasteiger partial charge on any atom is 0.257 e. The molecule has 0 spiro atoms. The van der Waals surface area contributed by atoms with Crippen LogP contribution in [0.5, 0.6) is 11.5 Å². The molecule has 0 unspecified atom stereocenters. The Kier molecular flexibility index (Phi) is 3.22. The summed E-state index contributed by atoms with van der Waals surface area (Å²) in [6.07, 6.45) is 0. The number of carbonyl (C=O) groups excluding carboxylic acids is 1. The van der Waals surface area contributed by atoms with E-state index in [0.717, 1.165) is 0 Å². The molecule has 2 aromatic rings. The Hall–Kier alpha value is -1.86. The summed E-state index contributed by atoms with van der Waals surface area (Å²) >= 11 is 6.86. The van der Waals surface area contributed by atoms with Crippen LogP contribution in [0.4, 0.5) is 5.13 Å². The van der Waals surface area contributed by atoms with Crippen molar-refractivity contribution < 1.29 is 14.3 Å². The fourth-order valence-electron chi connectivity index (χ4n) is 1.57. The highest BCUT2D eigenvalue weighted by Crippen LogP contribution is 2.32. The Labute approximate surface area is 117 Å². The number of hydrogen-bond acceptors (Lipinski definition) is 6. The standard InChI is InChI=1S/C11H8ClN3O3S/c12-4-9-14-15-11(19-9)13-10(16)6-1-2-7-8(3-6)18-5-17-7/h1-3H,4-5H2,(H,13,15,16). The maximum atomic E-state index is 12.0. The smallest absolute Gasteiger partial charge is 0.257 e. The van der Waals surface area contributed by atoms with Gasteiger partial charge >= 0.3 is 0 Å². The van der Waals surface area contributed by atoms with Gasteiger partial charge in [0.05, 0.1) is 5.88 Å². The van der Waals surface area contributed by atoms with Crippen LogP contribution in [-0.2, 0) is 5.88 Å². The van der Waals surface area contributed by atoms with Gasteiger partial charge in [0.25, 0.3) is 5.91 Å². The van der Waals surface area contributed by atoms with Gasteiger partial charge in [0.1, 0.15) is 5.01 Å². The lowest BCUT2D eigenvalue weighted by Crippen LogP contribution is -2.11. The van der Waals surface area contributed by atoms with Gasteiger partial charge in [-0.3, -0.25) is 10.1 Å². The predicted molar refractivity (Wildman–Crippen MR) is 70.0 cm³/mol. The molecule has 0 atom stereocenters. The molecule has 2 heterocycles. The number of nitrogens with zero attached hydrogens (tertiary/aromatic N) is 2. The molecular formula is C11H8ClN3O3S. The second-order valence-electron chi connectivity index (χ2n) is 3.66. The Balaban J connectivity index is 1.76. The molecule has 0 fully saturated rings. The first-order valence-corrected chi connectivity index (χ1v) is 6.71. The Morgan fingerprint density at radius 3 is 3.00 bits per heavy atom. The van der Waals surface area contributed by atoms with Crippen LogP contribution in [0.3, 0.4) is 0 Å². The van der Waals surface area contributed by atoms with E-state index in [-0.39, 0.29) is 18.6 Å². The Morgan fingerprint density at radius 2 is 2.21 bits per heavy atom. The third-order valence-corrected chi connectivity index (χ3v) is 3.69. The summed E-state index contributed by atoms with van der Waals surface area (Å²) in [6.45, 7) is 0.176. The zero-order valence-electron chi connectivity index (χ0n) is 9.55. The van der Waals surface area contributed by atoms with Gasteiger partial charge in [0, 0.05) is 5.56 Å². The van der Waals surface area contributed by atoms with Gasteiger partial charge in [-0.05, 0) is 18.2 Å². The van der Waals surface area contributed by atoms with E-state index < -0.39 is 0 Å². The first kappa shape index (κ1) is 12.2. The van der Waals surface area contributed by atoms with Crippen molar-refractivity contribution in [1.29, 1.82) is 0 Å². The average Bonchev–Trinajstić information content (AvgIpc) is 3.05. The van der Waals surface area contributed by atoms with Crippen molar-refractivity contribution in [2.24, 2.45) is 0 Å². The van der Waals surface area contributed by atoms with E-state index in [1.807, 2.05) is 0 Å². The molecule has 0 aliphatic carbocycles. The van der Waals surface area contributed by atoms with Crippen LogP contribution in [0, 0.1) is 0 Å². The highest BCUT2D eigenvalue weighted by molar-refractivity contribution is 7.15. The van der Waals surface area contributed by atoms with Crippen LogP contribution < -0.4 is 14.8 Å². The number of amides is 1. The largest absolute Gasteiger partial charge is 0.454 e. The fourth-order valence-corrected chi connectivity index (χ4v) is 2.37. The second-order valence-corrected chi connectivity index (χ2v) is 4.99. The molecule has 1 aliphatic rings. The number of aromatic nitrogens is 2.